The van der Waals surface area contributed by atoms with Crippen molar-refractivity contribution >= 4 is 27.8 Å². The first-order valence-electron chi connectivity index (χ1n) is 5.65. The van der Waals surface area contributed by atoms with Crippen molar-refractivity contribution in [3.8, 4) is 11.4 Å². The number of pyridine rings is 1. The lowest BCUT2D eigenvalue weighted by atomic mass is 10.2. The van der Waals surface area contributed by atoms with Crippen LogP contribution in [0.1, 0.15) is 0 Å². The number of hydrogen-bond acceptors (Lipinski definition) is 2. The molecule has 0 saturated heterocycles. The lowest BCUT2D eigenvalue weighted by Gasteiger charge is -2.07. The van der Waals surface area contributed by atoms with E-state index in [0.717, 1.165) is 11.1 Å². The van der Waals surface area contributed by atoms with E-state index in [1.165, 1.54) is 0 Å². The predicted octanol–water partition coefficient (Wildman–Crippen LogP) is 3.27. The van der Waals surface area contributed by atoms with E-state index in [1.54, 1.807) is 35.0 Å². The number of hydrogen-bond donors (Lipinski definition) is 1. The molecule has 1 N–H and O–H groups in total. The molecule has 0 bridgehead atoms. The fourth-order valence-corrected chi connectivity index (χ4v) is 2.01. The maximum Gasteiger partial charge on any atom is 0.262 e. The highest BCUT2D eigenvalue weighted by Gasteiger charge is 2.03. The highest BCUT2D eigenvalue weighted by Crippen LogP contribution is 2.14. The normalized spacial score (nSPS) is 10.1. The van der Waals surface area contributed by atoms with Crippen molar-refractivity contribution in [2.75, 3.05) is 0 Å². The fourth-order valence-electron chi connectivity index (χ4n) is 2.01. The summed E-state index contributed by atoms with van der Waals surface area (Å²) in [7, 11) is 0. The van der Waals surface area contributed by atoms with Crippen LogP contribution in [0.25, 0.3) is 16.5 Å². The molecule has 0 aliphatic rings. The zero-order chi connectivity index (χ0) is 12.5. The molecule has 0 aliphatic carbocycles. The SMILES string of the molecule is Br.O=c1c2ccccc2ccn1-c1ccc(O)cc1. The van der Waals surface area contributed by atoms with Crippen LogP contribution in [-0.4, -0.2) is 9.67 Å². The molecule has 96 valence electrons. The van der Waals surface area contributed by atoms with Crippen molar-refractivity contribution in [1.82, 2.24) is 4.57 Å². The van der Waals surface area contributed by atoms with Crippen LogP contribution in [0.5, 0.6) is 5.75 Å². The number of aromatic hydroxyl groups is 1. The summed E-state index contributed by atoms with van der Waals surface area (Å²) in [5, 5.41) is 10.9. The average Bonchev–Trinajstić information content (AvgIpc) is 2.41. The average molecular weight is 318 g/mol. The molecule has 0 unspecified atom stereocenters. The van der Waals surface area contributed by atoms with Gasteiger partial charge in [0.05, 0.1) is 0 Å². The van der Waals surface area contributed by atoms with E-state index in [0.29, 0.717) is 5.39 Å². The van der Waals surface area contributed by atoms with Crippen LogP contribution in [0.3, 0.4) is 0 Å². The fraction of sp³-hybridized carbons (Fsp3) is 0. The van der Waals surface area contributed by atoms with E-state index in [9.17, 15) is 9.90 Å². The first-order chi connectivity index (χ1) is 8.75. The summed E-state index contributed by atoms with van der Waals surface area (Å²) in [4.78, 5) is 12.3. The standard InChI is InChI=1S/C15H11NO2.BrH/c17-13-7-5-12(6-8-13)16-10-9-11-3-1-2-4-14(11)15(16)18;/h1-10,17H;1H. The van der Waals surface area contributed by atoms with Crippen molar-refractivity contribution in [3.63, 3.8) is 0 Å². The Bertz CT molecular complexity index is 763. The van der Waals surface area contributed by atoms with Crippen molar-refractivity contribution in [2.24, 2.45) is 0 Å². The van der Waals surface area contributed by atoms with Crippen LogP contribution in [0.15, 0.2) is 65.6 Å². The van der Waals surface area contributed by atoms with Crippen molar-refractivity contribution in [1.29, 1.82) is 0 Å². The number of rotatable bonds is 1. The Morgan fingerprint density at radius 1 is 0.895 bits per heavy atom. The molecule has 1 aromatic heterocycles. The molecule has 0 fully saturated rings. The molecule has 0 aliphatic heterocycles. The number of fused-ring (bicyclic) bond motifs is 1. The van der Waals surface area contributed by atoms with E-state index in [4.69, 9.17) is 0 Å². The largest absolute Gasteiger partial charge is 0.508 e. The summed E-state index contributed by atoms with van der Waals surface area (Å²) in [5.74, 6) is 0.188. The summed E-state index contributed by atoms with van der Waals surface area (Å²) in [5.41, 5.74) is 0.683. The number of benzene rings is 2. The van der Waals surface area contributed by atoms with Gasteiger partial charge in [0.2, 0.25) is 0 Å². The molecule has 0 atom stereocenters. The number of phenolic OH excluding ortho intramolecular Hbond substituents is 1. The van der Waals surface area contributed by atoms with Gasteiger partial charge in [-0.15, -0.1) is 17.0 Å². The van der Waals surface area contributed by atoms with Crippen LogP contribution in [-0.2, 0) is 0 Å². The first kappa shape index (κ1) is 13.4. The van der Waals surface area contributed by atoms with Gasteiger partial charge in [-0.1, -0.05) is 18.2 Å². The minimum absolute atomic E-state index is 0. The highest BCUT2D eigenvalue weighted by atomic mass is 79.9. The maximum atomic E-state index is 12.3. The summed E-state index contributed by atoms with van der Waals surface area (Å²) in [6.07, 6.45) is 1.75. The van der Waals surface area contributed by atoms with Gasteiger partial charge in [0, 0.05) is 17.3 Å². The molecular weight excluding hydrogens is 306 g/mol. The molecule has 0 amide bonds. The topological polar surface area (TPSA) is 42.2 Å². The number of aromatic nitrogens is 1. The third kappa shape index (κ3) is 2.39. The van der Waals surface area contributed by atoms with Crippen LogP contribution < -0.4 is 5.56 Å². The van der Waals surface area contributed by atoms with Gasteiger partial charge in [-0.3, -0.25) is 9.36 Å². The maximum absolute atomic E-state index is 12.3. The van der Waals surface area contributed by atoms with Crippen molar-refractivity contribution in [2.45, 2.75) is 0 Å². The second kappa shape index (κ2) is 5.28. The first-order valence-corrected chi connectivity index (χ1v) is 5.65. The van der Waals surface area contributed by atoms with Gasteiger partial charge in [0.1, 0.15) is 5.75 Å². The second-order valence-electron chi connectivity index (χ2n) is 4.09. The van der Waals surface area contributed by atoms with E-state index in [1.807, 2.05) is 30.3 Å². The van der Waals surface area contributed by atoms with Crippen molar-refractivity contribution < 1.29 is 5.11 Å². The number of phenols is 1. The predicted molar refractivity (Wildman–Crippen MR) is 81.5 cm³/mol. The number of halogens is 1. The zero-order valence-corrected chi connectivity index (χ0v) is 11.7. The Kier molecular flexibility index (Phi) is 3.71. The van der Waals surface area contributed by atoms with Crippen LogP contribution >= 0.6 is 17.0 Å². The second-order valence-corrected chi connectivity index (χ2v) is 4.09. The lowest BCUT2D eigenvalue weighted by Crippen LogP contribution is -2.17. The third-order valence-corrected chi connectivity index (χ3v) is 2.94. The summed E-state index contributed by atoms with van der Waals surface area (Å²) in [6.45, 7) is 0. The Balaban J connectivity index is 0.00000133. The highest BCUT2D eigenvalue weighted by molar-refractivity contribution is 8.93. The monoisotopic (exact) mass is 317 g/mol. The van der Waals surface area contributed by atoms with E-state index < -0.39 is 0 Å². The Labute approximate surface area is 120 Å². The Morgan fingerprint density at radius 3 is 2.32 bits per heavy atom. The van der Waals surface area contributed by atoms with E-state index in [-0.39, 0.29) is 28.3 Å². The summed E-state index contributed by atoms with van der Waals surface area (Å²) < 4.78 is 1.57. The van der Waals surface area contributed by atoms with Gasteiger partial charge in [0.25, 0.3) is 5.56 Å². The molecule has 4 heteroatoms. The van der Waals surface area contributed by atoms with Crippen LogP contribution in [0.2, 0.25) is 0 Å². The summed E-state index contributed by atoms with van der Waals surface area (Å²) in [6, 6.07) is 16.0. The van der Waals surface area contributed by atoms with Gasteiger partial charge in [0.15, 0.2) is 0 Å². The molecule has 1 heterocycles. The zero-order valence-electron chi connectivity index (χ0n) is 9.98. The third-order valence-electron chi connectivity index (χ3n) is 2.94. The molecule has 0 radical (unpaired) electrons. The quantitative estimate of drug-likeness (QED) is 0.748. The molecular formula is C15H12BrNO2. The summed E-state index contributed by atoms with van der Waals surface area (Å²) >= 11 is 0. The number of nitrogens with zero attached hydrogens (tertiary/aromatic N) is 1. The molecule has 19 heavy (non-hydrogen) atoms. The molecule has 3 aromatic rings. The minimum Gasteiger partial charge on any atom is -0.508 e. The van der Waals surface area contributed by atoms with Gasteiger partial charge in [-0.05, 0) is 41.8 Å². The van der Waals surface area contributed by atoms with Gasteiger partial charge in [-0.25, -0.2) is 0 Å². The van der Waals surface area contributed by atoms with Crippen LogP contribution in [0.4, 0.5) is 0 Å². The Morgan fingerprint density at radius 2 is 1.58 bits per heavy atom. The molecule has 3 rings (SSSR count). The minimum atomic E-state index is -0.0567. The van der Waals surface area contributed by atoms with E-state index in [2.05, 4.69) is 0 Å². The molecule has 2 aromatic carbocycles. The van der Waals surface area contributed by atoms with Crippen molar-refractivity contribution in [3.05, 3.63) is 71.1 Å². The van der Waals surface area contributed by atoms with Gasteiger partial charge < -0.3 is 5.11 Å². The lowest BCUT2D eigenvalue weighted by molar-refractivity contribution is 0.475. The Hall–Kier alpha value is -2.07. The van der Waals surface area contributed by atoms with Gasteiger partial charge in [-0.2, -0.15) is 0 Å². The molecule has 0 spiro atoms. The molecule has 3 nitrogen and oxygen atoms in total. The molecule has 0 saturated carbocycles. The van der Waals surface area contributed by atoms with Crippen LogP contribution in [0, 0.1) is 0 Å². The van der Waals surface area contributed by atoms with E-state index >= 15 is 0 Å². The van der Waals surface area contributed by atoms with Gasteiger partial charge >= 0.3 is 0 Å². The smallest absolute Gasteiger partial charge is 0.262 e.